The summed E-state index contributed by atoms with van der Waals surface area (Å²) in [6.07, 6.45) is 3.25. The van der Waals surface area contributed by atoms with Crippen LogP contribution < -0.4 is 9.47 Å². The second-order valence-corrected chi connectivity index (χ2v) is 9.79. The van der Waals surface area contributed by atoms with Crippen LogP contribution in [0.4, 0.5) is 0 Å². The zero-order valence-electron chi connectivity index (χ0n) is 22.9. The van der Waals surface area contributed by atoms with Gasteiger partial charge in [-0.15, -0.1) is 0 Å². The third kappa shape index (κ3) is 6.69. The number of rotatable bonds is 12. The topological polar surface area (TPSA) is 88.5 Å². The number of morpholine rings is 1. The minimum absolute atomic E-state index is 0.0939. The van der Waals surface area contributed by atoms with E-state index in [4.69, 9.17) is 14.2 Å². The molecule has 0 spiro atoms. The van der Waals surface area contributed by atoms with Gasteiger partial charge in [0.25, 0.3) is 11.7 Å². The number of likely N-dealkylation sites (tertiary alicyclic amines) is 1. The number of aliphatic hydroxyl groups is 1. The lowest BCUT2D eigenvalue weighted by atomic mass is 9.93. The van der Waals surface area contributed by atoms with Crippen LogP contribution in [0.15, 0.2) is 60.7 Å². The number of carbonyl (C=O) groups is 2. The summed E-state index contributed by atoms with van der Waals surface area (Å²) in [7, 11) is 0. The molecule has 1 atom stereocenters. The lowest BCUT2D eigenvalue weighted by molar-refractivity contribution is -0.140. The van der Waals surface area contributed by atoms with Crippen LogP contribution in [0.1, 0.15) is 42.5 Å². The molecule has 8 nitrogen and oxygen atoms in total. The first kappa shape index (κ1) is 28.4. The predicted octanol–water partition coefficient (Wildman–Crippen LogP) is 4.49. The Labute approximate surface area is 230 Å². The molecule has 0 unspecified atom stereocenters. The van der Waals surface area contributed by atoms with E-state index in [2.05, 4.69) is 11.5 Å². The third-order valence-corrected chi connectivity index (χ3v) is 7.01. The van der Waals surface area contributed by atoms with Crippen LogP contribution in [0.25, 0.3) is 5.76 Å². The van der Waals surface area contributed by atoms with E-state index in [0.717, 1.165) is 37.2 Å². The van der Waals surface area contributed by atoms with Gasteiger partial charge in [0.2, 0.25) is 0 Å². The number of hydrogen-bond acceptors (Lipinski definition) is 7. The van der Waals surface area contributed by atoms with Crippen molar-refractivity contribution in [3.05, 3.63) is 77.4 Å². The molecule has 2 fully saturated rings. The van der Waals surface area contributed by atoms with Crippen molar-refractivity contribution < 1.29 is 28.9 Å². The van der Waals surface area contributed by atoms with Crippen LogP contribution in [0.2, 0.25) is 0 Å². The Kier molecular flexibility index (Phi) is 9.79. The van der Waals surface area contributed by atoms with E-state index in [0.29, 0.717) is 56.5 Å². The quantitative estimate of drug-likeness (QED) is 0.186. The number of Topliss-reactive ketones (excluding diaryl/α,β-unsaturated/α-hetero) is 1. The summed E-state index contributed by atoms with van der Waals surface area (Å²) >= 11 is 0. The molecule has 0 aliphatic carbocycles. The molecule has 39 heavy (non-hydrogen) atoms. The lowest BCUT2D eigenvalue weighted by Crippen LogP contribution is -2.38. The maximum Gasteiger partial charge on any atom is 0.295 e. The van der Waals surface area contributed by atoms with Gasteiger partial charge in [0, 0.05) is 31.7 Å². The summed E-state index contributed by atoms with van der Waals surface area (Å²) in [6, 6.07) is 11.9. The van der Waals surface area contributed by atoms with Crippen LogP contribution in [0.3, 0.4) is 0 Å². The van der Waals surface area contributed by atoms with Gasteiger partial charge in [-0.2, -0.15) is 0 Å². The fourth-order valence-electron chi connectivity index (χ4n) is 5.00. The molecule has 2 aromatic carbocycles. The van der Waals surface area contributed by atoms with Gasteiger partial charge in [0.15, 0.2) is 0 Å². The number of benzene rings is 2. The average Bonchev–Trinajstić information content (AvgIpc) is 3.20. The number of nitrogens with zero attached hydrogens (tertiary/aromatic N) is 2. The van der Waals surface area contributed by atoms with Crippen molar-refractivity contribution in [3.63, 3.8) is 0 Å². The van der Waals surface area contributed by atoms with Crippen LogP contribution in [0, 0.1) is 6.92 Å². The summed E-state index contributed by atoms with van der Waals surface area (Å²) in [5, 5.41) is 11.5. The summed E-state index contributed by atoms with van der Waals surface area (Å²) in [6.45, 7) is 12.8. The normalized spacial score (nSPS) is 19.3. The first-order valence-electron chi connectivity index (χ1n) is 13.6. The summed E-state index contributed by atoms with van der Waals surface area (Å²) in [4.78, 5) is 30.6. The van der Waals surface area contributed by atoms with E-state index in [1.807, 2.05) is 32.0 Å². The van der Waals surface area contributed by atoms with Crippen molar-refractivity contribution in [2.24, 2.45) is 0 Å². The predicted molar refractivity (Wildman–Crippen MR) is 150 cm³/mol. The standard InChI is InChI=1S/C31H38N2O6/c1-4-17-38-24-9-7-23(8-10-24)28-27(29(34)26-12-11-25(21-22(26)3)39-18-5-2)30(35)31(36)33(28)14-6-13-32-15-19-37-20-16-32/h4,7-12,21,28,34H,1,5-6,13-20H2,2-3H3/t28-/m0/s1. The van der Waals surface area contributed by atoms with Crippen LogP contribution in [-0.2, 0) is 14.3 Å². The van der Waals surface area contributed by atoms with Gasteiger partial charge in [-0.25, -0.2) is 0 Å². The highest BCUT2D eigenvalue weighted by Gasteiger charge is 2.46. The number of carbonyl (C=O) groups excluding carboxylic acids is 2. The number of aryl methyl sites for hydroxylation is 1. The second kappa shape index (κ2) is 13.4. The SMILES string of the molecule is C=CCOc1ccc([C@H]2C(=C(O)c3ccc(OCCC)cc3C)C(=O)C(=O)N2CCCN2CCOCC2)cc1. The second-order valence-electron chi connectivity index (χ2n) is 9.79. The molecule has 0 radical (unpaired) electrons. The molecule has 1 N–H and O–H groups in total. The average molecular weight is 535 g/mol. The maximum absolute atomic E-state index is 13.4. The molecule has 0 bridgehead atoms. The summed E-state index contributed by atoms with van der Waals surface area (Å²) in [5.74, 6) is -0.110. The molecule has 2 heterocycles. The van der Waals surface area contributed by atoms with Gasteiger partial charge >= 0.3 is 0 Å². The van der Waals surface area contributed by atoms with Gasteiger partial charge in [0.05, 0.1) is 31.4 Å². The fraction of sp³-hybridized carbons (Fsp3) is 0.419. The fourth-order valence-corrected chi connectivity index (χ4v) is 5.00. The van der Waals surface area contributed by atoms with Crippen molar-refractivity contribution >= 4 is 17.4 Å². The zero-order chi connectivity index (χ0) is 27.8. The number of aliphatic hydroxyl groups excluding tert-OH is 1. The highest BCUT2D eigenvalue weighted by atomic mass is 16.5. The molecular weight excluding hydrogens is 496 g/mol. The minimum atomic E-state index is -0.710. The summed E-state index contributed by atoms with van der Waals surface area (Å²) < 4.78 is 16.8. The number of amides is 1. The van der Waals surface area contributed by atoms with Crippen molar-refractivity contribution in [3.8, 4) is 11.5 Å². The Morgan fingerprint density at radius 3 is 2.46 bits per heavy atom. The highest BCUT2D eigenvalue weighted by Crippen LogP contribution is 2.40. The molecular formula is C31H38N2O6. The van der Waals surface area contributed by atoms with Crippen molar-refractivity contribution in [2.45, 2.75) is 32.7 Å². The molecule has 2 saturated heterocycles. The lowest BCUT2D eigenvalue weighted by Gasteiger charge is -2.29. The van der Waals surface area contributed by atoms with Gasteiger partial charge in [-0.1, -0.05) is 31.7 Å². The number of hydrogen-bond donors (Lipinski definition) is 1. The van der Waals surface area contributed by atoms with E-state index in [9.17, 15) is 14.7 Å². The Hall–Kier alpha value is -3.62. The molecule has 0 saturated carbocycles. The van der Waals surface area contributed by atoms with Gasteiger partial charge in [0.1, 0.15) is 23.9 Å². The Morgan fingerprint density at radius 1 is 1.08 bits per heavy atom. The minimum Gasteiger partial charge on any atom is -0.507 e. The van der Waals surface area contributed by atoms with Gasteiger partial charge in [-0.3, -0.25) is 14.5 Å². The first-order chi connectivity index (χ1) is 18.9. The van der Waals surface area contributed by atoms with Crippen molar-refractivity contribution in [1.29, 1.82) is 0 Å². The van der Waals surface area contributed by atoms with Gasteiger partial charge < -0.3 is 24.2 Å². The van der Waals surface area contributed by atoms with E-state index in [1.165, 1.54) is 0 Å². The van der Waals surface area contributed by atoms with Crippen LogP contribution in [-0.4, -0.2) is 79.2 Å². The Morgan fingerprint density at radius 2 is 1.79 bits per heavy atom. The molecule has 208 valence electrons. The molecule has 2 aliphatic rings. The van der Waals surface area contributed by atoms with Gasteiger partial charge in [-0.05, 0) is 61.2 Å². The monoisotopic (exact) mass is 534 g/mol. The van der Waals surface area contributed by atoms with E-state index in [1.54, 1.807) is 35.2 Å². The molecule has 2 aliphatic heterocycles. The van der Waals surface area contributed by atoms with E-state index >= 15 is 0 Å². The molecule has 4 rings (SSSR count). The maximum atomic E-state index is 13.4. The largest absolute Gasteiger partial charge is 0.507 e. The van der Waals surface area contributed by atoms with E-state index < -0.39 is 17.7 Å². The molecule has 1 amide bonds. The van der Waals surface area contributed by atoms with Crippen LogP contribution >= 0.6 is 0 Å². The number of ketones is 1. The third-order valence-electron chi connectivity index (χ3n) is 7.01. The zero-order valence-corrected chi connectivity index (χ0v) is 22.9. The van der Waals surface area contributed by atoms with Crippen LogP contribution in [0.5, 0.6) is 11.5 Å². The number of ether oxygens (including phenoxy) is 3. The Bertz CT molecular complexity index is 1200. The molecule has 8 heteroatoms. The Balaban J connectivity index is 1.67. The molecule has 0 aromatic heterocycles. The smallest absolute Gasteiger partial charge is 0.295 e. The van der Waals surface area contributed by atoms with Crippen molar-refractivity contribution in [2.75, 3.05) is 52.6 Å². The van der Waals surface area contributed by atoms with Crippen molar-refractivity contribution in [1.82, 2.24) is 9.80 Å². The highest BCUT2D eigenvalue weighted by molar-refractivity contribution is 6.46. The first-order valence-corrected chi connectivity index (χ1v) is 13.6. The van der Waals surface area contributed by atoms with E-state index in [-0.39, 0.29) is 11.3 Å². The molecule has 2 aromatic rings. The summed E-state index contributed by atoms with van der Waals surface area (Å²) in [5.41, 5.74) is 2.08.